The summed E-state index contributed by atoms with van der Waals surface area (Å²) in [5.41, 5.74) is -1.04. The molecule has 0 atom stereocenters. The van der Waals surface area contributed by atoms with Crippen molar-refractivity contribution >= 4 is 12.1 Å². The molecule has 1 saturated carbocycles. The first-order chi connectivity index (χ1) is 13.9. The first-order valence-electron chi connectivity index (χ1n) is 10.2. The Morgan fingerprint density at radius 2 is 1.73 bits per heavy atom. The number of amides is 1. The smallest absolute Gasteiger partial charge is 0.416 e. The molecule has 1 fully saturated rings. The molecule has 1 aromatic rings. The van der Waals surface area contributed by atoms with Crippen molar-refractivity contribution in [1.82, 2.24) is 5.32 Å². The number of aryl methyl sites for hydroxylation is 1. The lowest BCUT2D eigenvalue weighted by Gasteiger charge is -2.30. The molecular formula is C22H30F3NO4. The minimum Gasteiger partial charge on any atom is -0.465 e. The van der Waals surface area contributed by atoms with Crippen molar-refractivity contribution in [3.05, 3.63) is 34.9 Å². The van der Waals surface area contributed by atoms with Crippen molar-refractivity contribution < 1.29 is 32.2 Å². The summed E-state index contributed by atoms with van der Waals surface area (Å²) >= 11 is 0. The highest BCUT2D eigenvalue weighted by Crippen LogP contribution is 2.35. The maximum atomic E-state index is 13.4. The van der Waals surface area contributed by atoms with Crippen LogP contribution in [0, 0.1) is 5.92 Å². The molecule has 1 N–H and O–H groups in total. The number of methoxy groups -OCH3 is 1. The standard InChI is InChI=1S/C22H30F3NO4/c1-21(2,3)30-20(28)26-17-10-6-14(7-11-17)5-8-15-13-16(19(27)29-4)9-12-18(15)22(23,24)25/h9,12-14,17H,5-8,10-11H2,1-4H3,(H,26,28)/t14-,17-. The van der Waals surface area contributed by atoms with Crippen LogP contribution in [0.2, 0.25) is 0 Å². The Kier molecular flexibility index (Phi) is 7.77. The lowest BCUT2D eigenvalue weighted by molar-refractivity contribution is -0.138. The van der Waals surface area contributed by atoms with Crippen LogP contribution in [0.5, 0.6) is 0 Å². The fraction of sp³-hybridized carbons (Fsp3) is 0.636. The highest BCUT2D eigenvalue weighted by Gasteiger charge is 2.34. The van der Waals surface area contributed by atoms with E-state index in [1.807, 2.05) is 0 Å². The van der Waals surface area contributed by atoms with Crippen LogP contribution in [0.15, 0.2) is 18.2 Å². The van der Waals surface area contributed by atoms with Crippen LogP contribution < -0.4 is 5.32 Å². The van der Waals surface area contributed by atoms with Gasteiger partial charge < -0.3 is 14.8 Å². The van der Waals surface area contributed by atoms with Gasteiger partial charge in [-0.2, -0.15) is 13.2 Å². The van der Waals surface area contributed by atoms with Gasteiger partial charge in [0.05, 0.1) is 18.2 Å². The third-order valence-electron chi connectivity index (χ3n) is 5.22. The molecule has 2 rings (SSSR count). The van der Waals surface area contributed by atoms with E-state index in [0.29, 0.717) is 6.42 Å². The summed E-state index contributed by atoms with van der Waals surface area (Å²) < 4.78 is 49.9. The van der Waals surface area contributed by atoms with Crippen molar-refractivity contribution in [2.24, 2.45) is 5.92 Å². The summed E-state index contributed by atoms with van der Waals surface area (Å²) in [4.78, 5) is 23.6. The van der Waals surface area contributed by atoms with Crippen molar-refractivity contribution in [2.45, 2.75) is 77.1 Å². The lowest BCUT2D eigenvalue weighted by atomic mass is 9.82. The van der Waals surface area contributed by atoms with Gasteiger partial charge in [0.2, 0.25) is 0 Å². The van der Waals surface area contributed by atoms with E-state index < -0.39 is 29.4 Å². The van der Waals surface area contributed by atoms with Crippen molar-refractivity contribution in [3.8, 4) is 0 Å². The van der Waals surface area contributed by atoms with Crippen LogP contribution in [-0.2, 0) is 22.1 Å². The van der Waals surface area contributed by atoms with Crippen LogP contribution in [0.4, 0.5) is 18.0 Å². The van der Waals surface area contributed by atoms with E-state index in [1.54, 1.807) is 20.8 Å². The molecule has 5 nitrogen and oxygen atoms in total. The molecule has 0 aromatic heterocycles. The highest BCUT2D eigenvalue weighted by molar-refractivity contribution is 5.89. The fourth-order valence-electron chi connectivity index (χ4n) is 3.75. The summed E-state index contributed by atoms with van der Waals surface area (Å²) in [6.45, 7) is 5.40. The number of halogens is 3. The van der Waals surface area contributed by atoms with Gasteiger partial charge in [-0.25, -0.2) is 9.59 Å². The second-order valence-electron chi connectivity index (χ2n) is 8.76. The van der Waals surface area contributed by atoms with Crippen LogP contribution in [0.25, 0.3) is 0 Å². The Morgan fingerprint density at radius 1 is 1.10 bits per heavy atom. The number of hydrogen-bond acceptors (Lipinski definition) is 4. The zero-order valence-corrected chi connectivity index (χ0v) is 17.9. The first kappa shape index (κ1) is 24.0. The quantitative estimate of drug-likeness (QED) is 0.627. The van der Waals surface area contributed by atoms with Gasteiger partial charge in [0, 0.05) is 6.04 Å². The fourth-order valence-corrected chi connectivity index (χ4v) is 3.75. The third-order valence-corrected chi connectivity index (χ3v) is 5.22. The summed E-state index contributed by atoms with van der Waals surface area (Å²) in [7, 11) is 1.20. The average Bonchev–Trinajstić information content (AvgIpc) is 2.64. The summed E-state index contributed by atoms with van der Waals surface area (Å²) in [5.74, 6) is -0.386. The molecular weight excluding hydrogens is 399 g/mol. The molecule has 1 aliphatic rings. The maximum absolute atomic E-state index is 13.4. The maximum Gasteiger partial charge on any atom is 0.416 e. The third kappa shape index (κ3) is 7.22. The van der Waals surface area contributed by atoms with Crippen LogP contribution >= 0.6 is 0 Å². The van der Waals surface area contributed by atoms with Gasteiger partial charge in [-0.15, -0.1) is 0 Å². The Morgan fingerprint density at radius 3 is 2.27 bits per heavy atom. The Labute approximate surface area is 175 Å². The summed E-state index contributed by atoms with van der Waals surface area (Å²) in [6.07, 6.45) is -0.936. The molecule has 0 heterocycles. The van der Waals surface area contributed by atoms with Gasteiger partial charge in [0.1, 0.15) is 5.60 Å². The van der Waals surface area contributed by atoms with Gasteiger partial charge in [-0.05, 0) is 89.0 Å². The molecule has 0 saturated heterocycles. The predicted molar refractivity (Wildman–Crippen MR) is 106 cm³/mol. The summed E-state index contributed by atoms with van der Waals surface area (Å²) in [5, 5.41) is 2.86. The predicted octanol–water partition coefficient (Wildman–Crippen LogP) is 5.51. The zero-order chi connectivity index (χ0) is 22.5. The van der Waals surface area contributed by atoms with Crippen molar-refractivity contribution in [3.63, 3.8) is 0 Å². The van der Waals surface area contributed by atoms with Gasteiger partial charge in [-0.3, -0.25) is 0 Å². The molecule has 1 aliphatic carbocycles. The molecule has 0 spiro atoms. The number of nitrogens with one attached hydrogen (secondary N) is 1. The van der Waals surface area contributed by atoms with Gasteiger partial charge >= 0.3 is 18.2 Å². The number of esters is 1. The van der Waals surface area contributed by atoms with Crippen LogP contribution in [0.1, 0.15) is 74.4 Å². The number of carbonyl (C=O) groups is 2. The molecule has 0 radical (unpaired) electrons. The Bertz CT molecular complexity index is 748. The number of alkyl carbamates (subject to hydrolysis) is 1. The second-order valence-corrected chi connectivity index (χ2v) is 8.76. The number of rotatable bonds is 5. The van der Waals surface area contributed by atoms with E-state index in [4.69, 9.17) is 4.74 Å². The first-order valence-corrected chi connectivity index (χ1v) is 10.2. The van der Waals surface area contributed by atoms with Crippen molar-refractivity contribution in [1.29, 1.82) is 0 Å². The number of carbonyl (C=O) groups excluding carboxylic acids is 2. The number of ether oxygens (including phenoxy) is 2. The number of alkyl halides is 3. The topological polar surface area (TPSA) is 64.6 Å². The van der Waals surface area contributed by atoms with Gasteiger partial charge in [-0.1, -0.05) is 0 Å². The lowest BCUT2D eigenvalue weighted by Crippen LogP contribution is -2.40. The van der Waals surface area contributed by atoms with Crippen molar-refractivity contribution in [2.75, 3.05) is 7.11 Å². The molecule has 1 amide bonds. The Hall–Kier alpha value is -2.25. The molecule has 30 heavy (non-hydrogen) atoms. The molecule has 0 unspecified atom stereocenters. The zero-order valence-electron chi connectivity index (χ0n) is 17.9. The molecule has 0 aliphatic heterocycles. The molecule has 0 bridgehead atoms. The molecule has 8 heteroatoms. The van der Waals surface area contributed by atoms with E-state index >= 15 is 0 Å². The van der Waals surface area contributed by atoms with E-state index in [0.717, 1.165) is 37.8 Å². The van der Waals surface area contributed by atoms with Crippen LogP contribution in [-0.4, -0.2) is 30.8 Å². The molecule has 168 valence electrons. The minimum absolute atomic E-state index is 0.0180. The van der Waals surface area contributed by atoms with Crippen LogP contribution in [0.3, 0.4) is 0 Å². The highest BCUT2D eigenvalue weighted by atomic mass is 19.4. The van der Waals surface area contributed by atoms with E-state index in [1.165, 1.54) is 13.2 Å². The average molecular weight is 429 g/mol. The monoisotopic (exact) mass is 429 g/mol. The minimum atomic E-state index is -4.47. The van der Waals surface area contributed by atoms with E-state index in [2.05, 4.69) is 10.1 Å². The van der Waals surface area contributed by atoms with Gasteiger partial charge in [0.25, 0.3) is 0 Å². The number of benzene rings is 1. The summed E-state index contributed by atoms with van der Waals surface area (Å²) in [6, 6.07) is 3.39. The van der Waals surface area contributed by atoms with E-state index in [-0.39, 0.29) is 29.5 Å². The Balaban J connectivity index is 1.93. The van der Waals surface area contributed by atoms with Gasteiger partial charge in [0.15, 0.2) is 0 Å². The largest absolute Gasteiger partial charge is 0.465 e. The SMILES string of the molecule is COC(=O)c1ccc(C(F)(F)F)c(CC[C@H]2CC[C@H](NC(=O)OC(C)(C)C)CC2)c1. The second kappa shape index (κ2) is 9.71. The molecule has 1 aromatic carbocycles. The van der Waals surface area contributed by atoms with E-state index in [9.17, 15) is 22.8 Å². The normalized spacial score (nSPS) is 19.8. The number of hydrogen-bond donors (Lipinski definition) is 1.